The first-order valence-corrected chi connectivity index (χ1v) is 5.99. The van der Waals surface area contributed by atoms with E-state index in [1.165, 1.54) is 11.0 Å². The molecule has 1 rings (SSSR count). The Morgan fingerprint density at radius 1 is 1.24 bits per heavy atom. The molecule has 1 amide bonds. The summed E-state index contributed by atoms with van der Waals surface area (Å²) in [5.41, 5.74) is 0. The maximum atomic E-state index is 11.9. The summed E-state index contributed by atoms with van der Waals surface area (Å²) in [6.07, 6.45) is 9.96. The highest BCUT2D eigenvalue weighted by atomic mass is 16.4. The second-order valence-corrected chi connectivity index (χ2v) is 4.12. The van der Waals surface area contributed by atoms with Gasteiger partial charge in [0.2, 0.25) is 5.91 Å². The molecule has 1 aliphatic rings. The van der Waals surface area contributed by atoms with Gasteiger partial charge in [-0.25, -0.2) is 4.79 Å². The van der Waals surface area contributed by atoms with Gasteiger partial charge in [-0.05, 0) is 19.8 Å². The van der Waals surface area contributed by atoms with Crippen LogP contribution in [0.4, 0.5) is 0 Å². The van der Waals surface area contributed by atoms with Crippen molar-refractivity contribution in [1.82, 2.24) is 4.90 Å². The molecular weight excluding hydrogens is 218 g/mol. The van der Waals surface area contributed by atoms with Crippen LogP contribution in [0, 0.1) is 0 Å². The standard InChI is InChI=1S/C13H19NO3/c1-2-3-5-9-12(15)14-10-7-4-6-8-11(14)13(16)17/h2-3,5,9,11H,4,6-8,10H2,1H3,(H,16,17). The third kappa shape index (κ3) is 4.06. The maximum absolute atomic E-state index is 11.9. The molecule has 0 saturated carbocycles. The molecule has 0 aromatic heterocycles. The third-order valence-electron chi connectivity index (χ3n) is 2.86. The van der Waals surface area contributed by atoms with Crippen LogP contribution in [0.5, 0.6) is 0 Å². The topological polar surface area (TPSA) is 57.6 Å². The zero-order chi connectivity index (χ0) is 12.7. The average Bonchev–Trinajstić information content (AvgIpc) is 2.54. The van der Waals surface area contributed by atoms with Gasteiger partial charge in [-0.1, -0.05) is 31.1 Å². The number of hydrogen-bond donors (Lipinski definition) is 1. The Kier molecular flexibility index (Phi) is 5.46. The quantitative estimate of drug-likeness (QED) is 0.603. The monoisotopic (exact) mass is 237 g/mol. The van der Waals surface area contributed by atoms with E-state index in [1.54, 1.807) is 12.2 Å². The van der Waals surface area contributed by atoms with Crippen LogP contribution in [0.15, 0.2) is 24.3 Å². The predicted molar refractivity (Wildman–Crippen MR) is 65.6 cm³/mol. The number of likely N-dealkylation sites (tertiary alicyclic amines) is 1. The van der Waals surface area contributed by atoms with Gasteiger partial charge in [0, 0.05) is 12.6 Å². The summed E-state index contributed by atoms with van der Waals surface area (Å²) in [6.45, 7) is 2.40. The molecule has 0 spiro atoms. The molecule has 0 aliphatic carbocycles. The molecule has 0 bridgehead atoms. The first kappa shape index (κ1) is 13.5. The molecule has 1 atom stereocenters. The van der Waals surface area contributed by atoms with Crippen molar-refractivity contribution in [2.45, 2.75) is 38.6 Å². The lowest BCUT2D eigenvalue weighted by atomic mass is 10.1. The molecule has 4 nitrogen and oxygen atoms in total. The van der Waals surface area contributed by atoms with Gasteiger partial charge in [-0.3, -0.25) is 4.79 Å². The molecule has 0 aromatic rings. The molecule has 0 aromatic carbocycles. The molecule has 1 aliphatic heterocycles. The minimum absolute atomic E-state index is 0.211. The maximum Gasteiger partial charge on any atom is 0.326 e. The molecule has 94 valence electrons. The summed E-state index contributed by atoms with van der Waals surface area (Å²) >= 11 is 0. The Morgan fingerprint density at radius 2 is 2.00 bits per heavy atom. The highest BCUT2D eigenvalue weighted by Crippen LogP contribution is 2.17. The van der Waals surface area contributed by atoms with Crippen molar-refractivity contribution in [1.29, 1.82) is 0 Å². The van der Waals surface area contributed by atoms with Gasteiger partial charge in [-0.2, -0.15) is 0 Å². The van der Waals surface area contributed by atoms with E-state index < -0.39 is 12.0 Å². The number of allylic oxidation sites excluding steroid dienone is 3. The van der Waals surface area contributed by atoms with E-state index in [-0.39, 0.29) is 5.91 Å². The van der Waals surface area contributed by atoms with Crippen LogP contribution in [0.25, 0.3) is 0 Å². The van der Waals surface area contributed by atoms with Crippen LogP contribution >= 0.6 is 0 Å². The summed E-state index contributed by atoms with van der Waals surface area (Å²) in [7, 11) is 0. The fourth-order valence-electron chi connectivity index (χ4n) is 1.97. The van der Waals surface area contributed by atoms with Crippen LogP contribution in [0.2, 0.25) is 0 Å². The van der Waals surface area contributed by atoms with E-state index in [9.17, 15) is 9.59 Å². The lowest BCUT2D eigenvalue weighted by molar-refractivity contribution is -0.148. The number of rotatable bonds is 3. The van der Waals surface area contributed by atoms with Crippen molar-refractivity contribution < 1.29 is 14.7 Å². The summed E-state index contributed by atoms with van der Waals surface area (Å²) < 4.78 is 0. The summed E-state index contributed by atoms with van der Waals surface area (Å²) in [5, 5.41) is 9.12. The summed E-state index contributed by atoms with van der Waals surface area (Å²) in [4.78, 5) is 24.5. The molecule has 4 heteroatoms. The van der Waals surface area contributed by atoms with Gasteiger partial charge in [0.1, 0.15) is 6.04 Å². The smallest absolute Gasteiger partial charge is 0.326 e. The van der Waals surface area contributed by atoms with Gasteiger partial charge in [0.05, 0.1) is 0 Å². The lowest BCUT2D eigenvalue weighted by Gasteiger charge is -2.25. The first-order valence-electron chi connectivity index (χ1n) is 5.99. The highest BCUT2D eigenvalue weighted by molar-refractivity contribution is 5.91. The van der Waals surface area contributed by atoms with Crippen molar-refractivity contribution >= 4 is 11.9 Å². The van der Waals surface area contributed by atoms with Crippen molar-refractivity contribution in [2.75, 3.05) is 6.54 Å². The Hall–Kier alpha value is -1.58. The van der Waals surface area contributed by atoms with Gasteiger partial charge < -0.3 is 10.0 Å². The third-order valence-corrected chi connectivity index (χ3v) is 2.86. The van der Waals surface area contributed by atoms with Crippen LogP contribution < -0.4 is 0 Å². The van der Waals surface area contributed by atoms with E-state index in [1.807, 2.05) is 13.0 Å². The van der Waals surface area contributed by atoms with E-state index in [4.69, 9.17) is 5.11 Å². The van der Waals surface area contributed by atoms with Crippen molar-refractivity contribution in [3.05, 3.63) is 24.3 Å². The number of hydrogen-bond acceptors (Lipinski definition) is 2. The predicted octanol–water partition coefficient (Wildman–Crippen LogP) is 1.97. The van der Waals surface area contributed by atoms with E-state index in [0.717, 1.165) is 19.3 Å². The Morgan fingerprint density at radius 3 is 2.65 bits per heavy atom. The second kappa shape index (κ2) is 6.89. The molecular formula is C13H19NO3. The Labute approximate surface area is 102 Å². The lowest BCUT2D eigenvalue weighted by Crippen LogP contribution is -2.43. The first-order chi connectivity index (χ1) is 8.16. The number of nitrogens with zero attached hydrogens (tertiary/aromatic N) is 1. The van der Waals surface area contributed by atoms with Crippen LogP contribution in [-0.2, 0) is 9.59 Å². The van der Waals surface area contributed by atoms with E-state index in [0.29, 0.717) is 13.0 Å². The zero-order valence-corrected chi connectivity index (χ0v) is 10.1. The zero-order valence-electron chi connectivity index (χ0n) is 10.1. The summed E-state index contributed by atoms with van der Waals surface area (Å²) in [6, 6.07) is -0.666. The Balaban J connectivity index is 2.75. The number of carboxylic acids is 1. The molecule has 1 unspecified atom stereocenters. The number of carboxylic acid groups (broad SMARTS) is 1. The van der Waals surface area contributed by atoms with Crippen LogP contribution in [-0.4, -0.2) is 34.5 Å². The minimum Gasteiger partial charge on any atom is -0.480 e. The fraction of sp³-hybridized carbons (Fsp3) is 0.538. The molecule has 1 heterocycles. The van der Waals surface area contributed by atoms with Gasteiger partial charge in [0.15, 0.2) is 0 Å². The highest BCUT2D eigenvalue weighted by Gasteiger charge is 2.29. The van der Waals surface area contributed by atoms with Gasteiger partial charge >= 0.3 is 5.97 Å². The van der Waals surface area contributed by atoms with Crippen molar-refractivity contribution in [2.24, 2.45) is 0 Å². The van der Waals surface area contributed by atoms with Crippen LogP contribution in [0.1, 0.15) is 32.6 Å². The van der Waals surface area contributed by atoms with Gasteiger partial charge in [-0.15, -0.1) is 0 Å². The molecule has 1 N–H and O–H groups in total. The normalized spacial score (nSPS) is 21.9. The molecule has 1 fully saturated rings. The summed E-state index contributed by atoms with van der Waals surface area (Å²) in [5.74, 6) is -1.11. The fourth-order valence-corrected chi connectivity index (χ4v) is 1.97. The van der Waals surface area contributed by atoms with Gasteiger partial charge in [0.25, 0.3) is 0 Å². The van der Waals surface area contributed by atoms with E-state index in [2.05, 4.69) is 0 Å². The number of carbonyl (C=O) groups excluding carboxylic acids is 1. The van der Waals surface area contributed by atoms with E-state index >= 15 is 0 Å². The largest absolute Gasteiger partial charge is 0.480 e. The van der Waals surface area contributed by atoms with Crippen molar-refractivity contribution in [3.63, 3.8) is 0 Å². The number of amides is 1. The second-order valence-electron chi connectivity index (χ2n) is 4.12. The molecule has 17 heavy (non-hydrogen) atoms. The molecule has 0 radical (unpaired) electrons. The SMILES string of the molecule is CC=CC=CC(=O)N1CCCCCC1C(=O)O. The number of carbonyl (C=O) groups is 2. The number of aliphatic carboxylic acids is 1. The van der Waals surface area contributed by atoms with Crippen molar-refractivity contribution in [3.8, 4) is 0 Å². The Bertz CT molecular complexity index is 334. The van der Waals surface area contributed by atoms with Crippen LogP contribution in [0.3, 0.4) is 0 Å². The molecule has 1 saturated heterocycles. The minimum atomic E-state index is -0.903. The average molecular weight is 237 g/mol.